The van der Waals surface area contributed by atoms with Gasteiger partial charge in [0.2, 0.25) is 0 Å². The highest BCUT2D eigenvalue weighted by molar-refractivity contribution is 5.97. The Morgan fingerprint density at radius 1 is 1.33 bits per heavy atom. The SMILES string of the molecule is NC(=O)c1occc1-c1cccc(O)c1. The Kier molecular flexibility index (Phi) is 2.17. The maximum absolute atomic E-state index is 11.0. The average Bonchev–Trinajstić information content (AvgIpc) is 2.65. The monoisotopic (exact) mass is 203 g/mol. The van der Waals surface area contributed by atoms with E-state index in [0.29, 0.717) is 11.1 Å². The van der Waals surface area contributed by atoms with Gasteiger partial charge < -0.3 is 15.3 Å². The molecule has 0 aliphatic rings. The van der Waals surface area contributed by atoms with E-state index in [-0.39, 0.29) is 11.5 Å². The average molecular weight is 203 g/mol. The van der Waals surface area contributed by atoms with E-state index in [9.17, 15) is 9.90 Å². The lowest BCUT2D eigenvalue weighted by Crippen LogP contribution is -2.10. The molecular weight excluding hydrogens is 194 g/mol. The predicted molar refractivity (Wildman–Crippen MR) is 54.3 cm³/mol. The molecule has 0 spiro atoms. The van der Waals surface area contributed by atoms with Crippen molar-refractivity contribution in [2.24, 2.45) is 5.73 Å². The normalized spacial score (nSPS) is 10.1. The van der Waals surface area contributed by atoms with Crippen molar-refractivity contribution >= 4 is 5.91 Å². The summed E-state index contributed by atoms with van der Waals surface area (Å²) in [7, 11) is 0. The lowest BCUT2D eigenvalue weighted by atomic mass is 10.1. The number of carbonyl (C=O) groups excluding carboxylic acids is 1. The summed E-state index contributed by atoms with van der Waals surface area (Å²) in [6, 6.07) is 8.17. The molecule has 0 atom stereocenters. The second-order valence-corrected chi connectivity index (χ2v) is 3.08. The van der Waals surface area contributed by atoms with E-state index in [0.717, 1.165) is 0 Å². The van der Waals surface area contributed by atoms with Crippen molar-refractivity contribution in [3.05, 3.63) is 42.4 Å². The van der Waals surface area contributed by atoms with Gasteiger partial charge in [-0.15, -0.1) is 0 Å². The molecule has 0 aliphatic carbocycles. The van der Waals surface area contributed by atoms with Crippen LogP contribution in [0.2, 0.25) is 0 Å². The van der Waals surface area contributed by atoms with Gasteiger partial charge in [-0.3, -0.25) is 4.79 Å². The maximum atomic E-state index is 11.0. The van der Waals surface area contributed by atoms with Gasteiger partial charge in [-0.2, -0.15) is 0 Å². The highest BCUT2D eigenvalue weighted by atomic mass is 16.3. The van der Waals surface area contributed by atoms with Crippen LogP contribution in [-0.4, -0.2) is 11.0 Å². The van der Waals surface area contributed by atoms with Gasteiger partial charge in [0.05, 0.1) is 6.26 Å². The van der Waals surface area contributed by atoms with Crippen molar-refractivity contribution in [2.45, 2.75) is 0 Å². The molecule has 0 bridgehead atoms. The molecule has 2 rings (SSSR count). The molecule has 1 aromatic carbocycles. The van der Waals surface area contributed by atoms with Crippen molar-refractivity contribution in [1.29, 1.82) is 0 Å². The molecule has 1 heterocycles. The number of hydrogen-bond donors (Lipinski definition) is 2. The van der Waals surface area contributed by atoms with E-state index in [1.165, 1.54) is 12.3 Å². The second kappa shape index (κ2) is 3.49. The third-order valence-corrected chi connectivity index (χ3v) is 2.05. The highest BCUT2D eigenvalue weighted by Crippen LogP contribution is 2.26. The van der Waals surface area contributed by atoms with Gasteiger partial charge in [0.25, 0.3) is 5.91 Å². The van der Waals surface area contributed by atoms with Crippen LogP contribution in [0.1, 0.15) is 10.6 Å². The van der Waals surface area contributed by atoms with Crippen LogP contribution in [0.25, 0.3) is 11.1 Å². The molecule has 1 amide bonds. The largest absolute Gasteiger partial charge is 0.508 e. The van der Waals surface area contributed by atoms with Crippen LogP contribution < -0.4 is 5.73 Å². The molecule has 0 radical (unpaired) electrons. The molecule has 0 aliphatic heterocycles. The summed E-state index contributed by atoms with van der Waals surface area (Å²) in [5.41, 5.74) is 6.41. The highest BCUT2D eigenvalue weighted by Gasteiger charge is 2.13. The zero-order valence-electron chi connectivity index (χ0n) is 7.81. The number of nitrogens with two attached hydrogens (primary N) is 1. The Hall–Kier alpha value is -2.23. The second-order valence-electron chi connectivity index (χ2n) is 3.08. The maximum Gasteiger partial charge on any atom is 0.285 e. The molecule has 0 saturated carbocycles. The van der Waals surface area contributed by atoms with E-state index >= 15 is 0 Å². The van der Waals surface area contributed by atoms with E-state index < -0.39 is 5.91 Å². The van der Waals surface area contributed by atoms with Crippen molar-refractivity contribution in [1.82, 2.24) is 0 Å². The number of phenolic OH excluding ortho intramolecular Hbond substituents is 1. The molecule has 76 valence electrons. The topological polar surface area (TPSA) is 76.5 Å². The summed E-state index contributed by atoms with van der Waals surface area (Å²) in [5.74, 6) is -0.400. The molecule has 0 fully saturated rings. The molecule has 3 N–H and O–H groups in total. The zero-order valence-corrected chi connectivity index (χ0v) is 7.81. The number of phenols is 1. The fourth-order valence-electron chi connectivity index (χ4n) is 1.40. The summed E-state index contributed by atoms with van der Waals surface area (Å²) in [4.78, 5) is 11.0. The number of hydrogen-bond acceptors (Lipinski definition) is 3. The molecule has 15 heavy (non-hydrogen) atoms. The molecule has 2 aromatic rings. The number of carbonyl (C=O) groups is 1. The Morgan fingerprint density at radius 2 is 2.13 bits per heavy atom. The van der Waals surface area contributed by atoms with Crippen molar-refractivity contribution < 1.29 is 14.3 Å². The summed E-state index contributed by atoms with van der Waals surface area (Å²) in [5, 5.41) is 9.29. The fourth-order valence-corrected chi connectivity index (χ4v) is 1.40. The summed E-state index contributed by atoms with van der Waals surface area (Å²) in [6.45, 7) is 0. The van der Waals surface area contributed by atoms with Crippen molar-refractivity contribution in [2.75, 3.05) is 0 Å². The number of primary amides is 1. The third kappa shape index (κ3) is 1.69. The van der Waals surface area contributed by atoms with Crippen molar-refractivity contribution in [3.63, 3.8) is 0 Å². The van der Waals surface area contributed by atoms with E-state index in [1.807, 2.05) is 0 Å². The standard InChI is InChI=1S/C11H9NO3/c12-11(14)10-9(4-5-15-10)7-2-1-3-8(13)6-7/h1-6,13H,(H2,12,14). The molecule has 4 nitrogen and oxygen atoms in total. The van der Waals surface area contributed by atoms with Gasteiger partial charge in [-0.05, 0) is 23.8 Å². The first-order chi connectivity index (χ1) is 7.18. The minimum Gasteiger partial charge on any atom is -0.508 e. The Bertz CT molecular complexity index is 502. The number of rotatable bonds is 2. The molecule has 0 unspecified atom stereocenters. The molecule has 1 aromatic heterocycles. The lowest BCUT2D eigenvalue weighted by molar-refractivity contribution is 0.0975. The Labute approximate surface area is 85.9 Å². The minimum absolute atomic E-state index is 0.0978. The molecule has 4 heteroatoms. The van der Waals surface area contributed by atoms with Crippen LogP contribution in [0.4, 0.5) is 0 Å². The van der Waals surface area contributed by atoms with Gasteiger partial charge in [-0.1, -0.05) is 12.1 Å². The first-order valence-electron chi connectivity index (χ1n) is 4.35. The van der Waals surface area contributed by atoms with Gasteiger partial charge >= 0.3 is 0 Å². The smallest absolute Gasteiger partial charge is 0.285 e. The van der Waals surface area contributed by atoms with Gasteiger partial charge in [0.1, 0.15) is 5.75 Å². The van der Waals surface area contributed by atoms with E-state index in [1.54, 1.807) is 24.3 Å². The predicted octanol–water partition coefficient (Wildman–Crippen LogP) is 1.75. The van der Waals surface area contributed by atoms with Gasteiger partial charge in [0, 0.05) is 5.56 Å². The first kappa shape index (κ1) is 9.33. The van der Waals surface area contributed by atoms with Crippen LogP contribution >= 0.6 is 0 Å². The lowest BCUT2D eigenvalue weighted by Gasteiger charge is -2.00. The van der Waals surface area contributed by atoms with Crippen LogP contribution in [0.15, 0.2) is 41.0 Å². The van der Waals surface area contributed by atoms with E-state index in [4.69, 9.17) is 10.2 Å². The first-order valence-corrected chi connectivity index (χ1v) is 4.35. The molecular formula is C11H9NO3. The zero-order chi connectivity index (χ0) is 10.8. The van der Waals surface area contributed by atoms with Crippen LogP contribution in [0, 0.1) is 0 Å². The summed E-state index contributed by atoms with van der Waals surface area (Å²) < 4.78 is 4.96. The Balaban J connectivity index is 2.54. The van der Waals surface area contributed by atoms with E-state index in [2.05, 4.69) is 0 Å². The van der Waals surface area contributed by atoms with Crippen LogP contribution in [0.5, 0.6) is 5.75 Å². The van der Waals surface area contributed by atoms with Gasteiger partial charge in [-0.25, -0.2) is 0 Å². The number of amides is 1. The fraction of sp³-hybridized carbons (Fsp3) is 0. The third-order valence-electron chi connectivity index (χ3n) is 2.05. The number of benzene rings is 1. The quantitative estimate of drug-likeness (QED) is 0.780. The summed E-state index contributed by atoms with van der Waals surface area (Å²) in [6.07, 6.45) is 1.39. The number of aromatic hydroxyl groups is 1. The van der Waals surface area contributed by atoms with Crippen LogP contribution in [0.3, 0.4) is 0 Å². The Morgan fingerprint density at radius 3 is 2.80 bits per heavy atom. The summed E-state index contributed by atoms with van der Waals surface area (Å²) >= 11 is 0. The van der Waals surface area contributed by atoms with Crippen molar-refractivity contribution in [3.8, 4) is 16.9 Å². The molecule has 0 saturated heterocycles. The number of furan rings is 1. The van der Waals surface area contributed by atoms with Crippen LogP contribution in [-0.2, 0) is 0 Å². The van der Waals surface area contributed by atoms with Gasteiger partial charge in [0.15, 0.2) is 5.76 Å². The minimum atomic E-state index is -0.627.